The molecule has 24 heavy (non-hydrogen) atoms. The quantitative estimate of drug-likeness (QED) is 0.581. The second-order valence-corrected chi connectivity index (χ2v) is 8.92. The lowest BCUT2D eigenvalue weighted by molar-refractivity contribution is -0.105. The number of carbonyl (C=O) groups is 1. The van der Waals surface area contributed by atoms with E-state index in [1.54, 1.807) is 17.6 Å². The Morgan fingerprint density at radius 3 is 2.25 bits per heavy atom. The van der Waals surface area contributed by atoms with Gasteiger partial charge >= 0.3 is 0 Å². The second kappa shape index (κ2) is 7.42. The number of carbonyl (C=O) groups excluding carboxylic acids is 1. The molecule has 0 bridgehead atoms. The monoisotopic (exact) mass is 419 g/mol. The summed E-state index contributed by atoms with van der Waals surface area (Å²) in [5, 5.41) is 2.64. The molecule has 1 atom stereocenters. The maximum atomic E-state index is 11.5. The zero-order chi connectivity index (χ0) is 17.1. The third-order valence-electron chi connectivity index (χ3n) is 3.57. The zero-order valence-corrected chi connectivity index (χ0v) is 16.0. The number of benzene rings is 2. The molecule has 1 N–H and O–H groups in total. The fourth-order valence-corrected chi connectivity index (χ4v) is 4.55. The molecular formula is C18H14BrNO2S2. The number of hydrogen-bond donors (Lipinski definition) is 1. The molecule has 0 aliphatic carbocycles. The van der Waals surface area contributed by atoms with Crippen LogP contribution in [0.5, 0.6) is 0 Å². The lowest BCUT2D eigenvalue weighted by atomic mass is 10.0. The van der Waals surface area contributed by atoms with Crippen LogP contribution in [0.4, 0.5) is 5.69 Å². The lowest BCUT2D eigenvalue weighted by Gasteiger charge is -2.06. The Labute approximate surface area is 155 Å². The fraction of sp³-hybridized carbons (Fsp3) is 0.0556. The zero-order valence-electron chi connectivity index (χ0n) is 12.8. The van der Waals surface area contributed by atoms with Crippen molar-refractivity contribution < 1.29 is 9.00 Å². The van der Waals surface area contributed by atoms with E-state index in [0.29, 0.717) is 6.41 Å². The molecule has 1 aromatic heterocycles. The summed E-state index contributed by atoms with van der Waals surface area (Å²) in [6, 6.07) is 17.6. The SMILES string of the molecule is CS(=O)c1ccc(-c2cc(Br)sc2-c2ccc(NC=O)cc2)cc1. The molecule has 0 aliphatic heterocycles. The Bertz CT molecular complexity index is 886. The molecule has 0 radical (unpaired) electrons. The van der Waals surface area contributed by atoms with Crippen LogP contribution in [0, 0.1) is 0 Å². The van der Waals surface area contributed by atoms with Crippen molar-refractivity contribution in [2.45, 2.75) is 4.90 Å². The second-order valence-electron chi connectivity index (χ2n) is 5.11. The van der Waals surface area contributed by atoms with Crippen LogP contribution in [-0.4, -0.2) is 16.9 Å². The summed E-state index contributed by atoms with van der Waals surface area (Å²) in [6.07, 6.45) is 2.35. The van der Waals surface area contributed by atoms with Gasteiger partial charge in [0.05, 0.1) is 3.79 Å². The Balaban J connectivity index is 2.01. The van der Waals surface area contributed by atoms with E-state index in [4.69, 9.17) is 0 Å². The van der Waals surface area contributed by atoms with Gasteiger partial charge in [-0.2, -0.15) is 0 Å². The summed E-state index contributed by atoms with van der Waals surface area (Å²) in [5.74, 6) is 0. The predicted molar refractivity (Wildman–Crippen MR) is 105 cm³/mol. The first kappa shape index (κ1) is 17.1. The van der Waals surface area contributed by atoms with Gasteiger partial charge in [0.25, 0.3) is 0 Å². The molecule has 2 aromatic carbocycles. The van der Waals surface area contributed by atoms with Crippen molar-refractivity contribution in [1.82, 2.24) is 0 Å². The van der Waals surface area contributed by atoms with Gasteiger partial charge in [0, 0.05) is 38.1 Å². The molecule has 1 unspecified atom stereocenters. The number of nitrogens with one attached hydrogen (secondary N) is 1. The van der Waals surface area contributed by atoms with Crippen LogP contribution >= 0.6 is 27.3 Å². The highest BCUT2D eigenvalue weighted by atomic mass is 79.9. The van der Waals surface area contributed by atoms with E-state index in [0.717, 1.165) is 35.9 Å². The van der Waals surface area contributed by atoms with Crippen molar-refractivity contribution in [3.8, 4) is 21.6 Å². The largest absolute Gasteiger partial charge is 0.329 e. The minimum absolute atomic E-state index is 0.668. The summed E-state index contributed by atoms with van der Waals surface area (Å²) < 4.78 is 12.6. The Hall–Kier alpha value is -1.76. The third kappa shape index (κ3) is 3.66. The summed E-state index contributed by atoms with van der Waals surface area (Å²) in [7, 11) is -0.977. The molecule has 3 nitrogen and oxygen atoms in total. The maximum absolute atomic E-state index is 11.5. The average Bonchev–Trinajstić information content (AvgIpc) is 2.98. The summed E-state index contributed by atoms with van der Waals surface area (Å²) in [5.41, 5.74) is 4.05. The number of anilines is 1. The highest BCUT2D eigenvalue weighted by Crippen LogP contribution is 2.41. The fourth-order valence-electron chi connectivity index (χ4n) is 2.40. The molecular weight excluding hydrogens is 406 g/mol. The average molecular weight is 420 g/mol. The molecule has 3 rings (SSSR count). The van der Waals surface area contributed by atoms with Gasteiger partial charge < -0.3 is 5.32 Å². The van der Waals surface area contributed by atoms with E-state index >= 15 is 0 Å². The predicted octanol–water partition coefficient (Wildman–Crippen LogP) is 5.15. The molecule has 0 saturated carbocycles. The molecule has 3 aromatic rings. The van der Waals surface area contributed by atoms with Crippen LogP contribution in [-0.2, 0) is 15.6 Å². The van der Waals surface area contributed by atoms with E-state index < -0.39 is 10.8 Å². The van der Waals surface area contributed by atoms with Crippen LogP contribution < -0.4 is 5.32 Å². The van der Waals surface area contributed by atoms with Crippen molar-refractivity contribution in [2.75, 3.05) is 11.6 Å². The van der Waals surface area contributed by atoms with Crippen LogP contribution in [0.3, 0.4) is 0 Å². The van der Waals surface area contributed by atoms with Crippen molar-refractivity contribution >= 4 is 50.2 Å². The highest BCUT2D eigenvalue weighted by molar-refractivity contribution is 9.11. The first-order chi connectivity index (χ1) is 11.6. The van der Waals surface area contributed by atoms with Gasteiger partial charge in [-0.1, -0.05) is 24.3 Å². The van der Waals surface area contributed by atoms with Gasteiger partial charge in [-0.25, -0.2) is 0 Å². The minimum Gasteiger partial charge on any atom is -0.329 e. The van der Waals surface area contributed by atoms with Gasteiger partial charge in [-0.3, -0.25) is 9.00 Å². The normalized spacial score (nSPS) is 11.9. The first-order valence-electron chi connectivity index (χ1n) is 7.12. The van der Waals surface area contributed by atoms with E-state index in [-0.39, 0.29) is 0 Å². The first-order valence-corrected chi connectivity index (χ1v) is 10.3. The molecule has 1 amide bonds. The molecule has 0 fully saturated rings. The van der Waals surface area contributed by atoms with E-state index in [9.17, 15) is 9.00 Å². The van der Waals surface area contributed by atoms with Gasteiger partial charge in [-0.15, -0.1) is 11.3 Å². The Morgan fingerprint density at radius 2 is 1.67 bits per heavy atom. The summed E-state index contributed by atoms with van der Waals surface area (Å²) >= 11 is 5.22. The lowest BCUT2D eigenvalue weighted by Crippen LogP contribution is -1.92. The summed E-state index contributed by atoms with van der Waals surface area (Å²) in [4.78, 5) is 12.5. The van der Waals surface area contributed by atoms with Crippen molar-refractivity contribution in [1.29, 1.82) is 0 Å². The van der Waals surface area contributed by atoms with Crippen molar-refractivity contribution in [2.24, 2.45) is 0 Å². The summed E-state index contributed by atoms with van der Waals surface area (Å²) in [6.45, 7) is 0. The maximum Gasteiger partial charge on any atom is 0.211 e. The smallest absolute Gasteiger partial charge is 0.211 e. The molecule has 6 heteroatoms. The standard InChI is InChI=1S/C18H14BrNO2S2/c1-24(22)15-8-4-12(5-9-15)16-10-17(19)23-18(16)13-2-6-14(7-3-13)20-11-21/h2-11H,1H3,(H,20,21). The number of hydrogen-bond acceptors (Lipinski definition) is 3. The van der Waals surface area contributed by atoms with Crippen LogP contribution in [0.25, 0.3) is 21.6 Å². The highest BCUT2D eigenvalue weighted by Gasteiger charge is 2.12. The molecule has 0 saturated heterocycles. The topological polar surface area (TPSA) is 46.2 Å². The number of rotatable bonds is 5. The van der Waals surface area contributed by atoms with Crippen molar-refractivity contribution in [3.63, 3.8) is 0 Å². The molecule has 122 valence electrons. The van der Waals surface area contributed by atoms with E-state index in [1.165, 1.54) is 0 Å². The van der Waals surface area contributed by atoms with E-state index in [2.05, 4.69) is 27.3 Å². The van der Waals surface area contributed by atoms with Gasteiger partial charge in [0.2, 0.25) is 6.41 Å². The van der Waals surface area contributed by atoms with Crippen LogP contribution in [0.1, 0.15) is 0 Å². The number of halogens is 1. The molecule has 0 spiro atoms. The van der Waals surface area contributed by atoms with Gasteiger partial charge in [-0.05, 0) is 57.4 Å². The Morgan fingerprint density at radius 1 is 1.04 bits per heavy atom. The minimum atomic E-state index is -0.977. The van der Waals surface area contributed by atoms with E-state index in [1.807, 2.05) is 48.5 Å². The number of amides is 1. The van der Waals surface area contributed by atoms with Crippen LogP contribution in [0.15, 0.2) is 63.3 Å². The molecule has 1 heterocycles. The molecule has 0 aliphatic rings. The third-order valence-corrected chi connectivity index (χ3v) is 6.20. The van der Waals surface area contributed by atoms with Gasteiger partial charge in [0.1, 0.15) is 0 Å². The van der Waals surface area contributed by atoms with Gasteiger partial charge in [0.15, 0.2) is 0 Å². The Kier molecular flexibility index (Phi) is 5.28. The van der Waals surface area contributed by atoms with Crippen molar-refractivity contribution in [3.05, 3.63) is 58.4 Å². The van der Waals surface area contributed by atoms with Crippen LogP contribution in [0.2, 0.25) is 0 Å². The number of thiophene rings is 1.